The molecule has 0 fully saturated rings. The summed E-state index contributed by atoms with van der Waals surface area (Å²) in [4.78, 5) is 27.2. The van der Waals surface area contributed by atoms with E-state index in [-0.39, 0.29) is 25.0 Å². The van der Waals surface area contributed by atoms with Crippen LogP contribution in [0.15, 0.2) is 42.5 Å². The lowest BCUT2D eigenvalue weighted by atomic mass is 10.1. The van der Waals surface area contributed by atoms with Gasteiger partial charge in [0, 0.05) is 13.1 Å². The van der Waals surface area contributed by atoms with Gasteiger partial charge in [-0.3, -0.25) is 9.59 Å². The Kier molecular flexibility index (Phi) is 9.47. The van der Waals surface area contributed by atoms with Crippen LogP contribution in [0.2, 0.25) is 10.0 Å². The number of carbonyl (C=O) groups excluding carboxylic acids is 2. The number of benzene rings is 2. The predicted octanol–water partition coefficient (Wildman–Crippen LogP) is 4.88. The summed E-state index contributed by atoms with van der Waals surface area (Å²) in [5, 5.41) is 3.64. The topological polar surface area (TPSA) is 58.6 Å². The van der Waals surface area contributed by atoms with E-state index in [1.165, 1.54) is 10.5 Å². The van der Waals surface area contributed by atoms with Crippen molar-refractivity contribution in [2.75, 3.05) is 13.2 Å². The summed E-state index contributed by atoms with van der Waals surface area (Å²) in [6.45, 7) is 6.35. The summed E-state index contributed by atoms with van der Waals surface area (Å²) in [5.41, 5.74) is 1.98. The van der Waals surface area contributed by atoms with E-state index < -0.39 is 6.04 Å². The first-order valence-corrected chi connectivity index (χ1v) is 10.9. The van der Waals surface area contributed by atoms with Crippen molar-refractivity contribution in [2.24, 2.45) is 0 Å². The first kappa shape index (κ1) is 24.0. The molecular formula is C23H28Cl2N2O3. The molecule has 0 radical (unpaired) electrons. The normalized spacial score (nSPS) is 11.6. The number of hydrogen-bond acceptors (Lipinski definition) is 3. The Morgan fingerprint density at radius 1 is 1.00 bits per heavy atom. The highest BCUT2D eigenvalue weighted by molar-refractivity contribution is 6.42. The van der Waals surface area contributed by atoms with Gasteiger partial charge in [-0.2, -0.15) is 0 Å². The van der Waals surface area contributed by atoms with Gasteiger partial charge in [0.05, 0.1) is 10.0 Å². The fourth-order valence-corrected chi connectivity index (χ4v) is 3.42. The molecular weight excluding hydrogens is 423 g/mol. The van der Waals surface area contributed by atoms with Crippen molar-refractivity contribution in [2.45, 2.75) is 46.2 Å². The van der Waals surface area contributed by atoms with Crippen molar-refractivity contribution in [1.29, 1.82) is 0 Å². The van der Waals surface area contributed by atoms with Crippen LogP contribution in [0, 0.1) is 0 Å². The summed E-state index contributed by atoms with van der Waals surface area (Å²) < 4.78 is 5.69. The van der Waals surface area contributed by atoms with Crippen LogP contribution in [0.3, 0.4) is 0 Å². The van der Waals surface area contributed by atoms with Gasteiger partial charge in [0.1, 0.15) is 11.8 Å². The Morgan fingerprint density at radius 2 is 1.67 bits per heavy atom. The van der Waals surface area contributed by atoms with Crippen LogP contribution in [0.1, 0.15) is 38.3 Å². The van der Waals surface area contributed by atoms with Gasteiger partial charge in [0.25, 0.3) is 5.91 Å². The zero-order valence-corrected chi connectivity index (χ0v) is 19.1. The van der Waals surface area contributed by atoms with Crippen molar-refractivity contribution in [3.63, 3.8) is 0 Å². The zero-order chi connectivity index (χ0) is 22.1. The second-order valence-electron chi connectivity index (χ2n) is 6.87. The molecule has 5 nitrogen and oxygen atoms in total. The third kappa shape index (κ3) is 6.64. The van der Waals surface area contributed by atoms with Crippen LogP contribution in [-0.4, -0.2) is 35.9 Å². The highest BCUT2D eigenvalue weighted by Gasteiger charge is 2.28. The fourth-order valence-electron chi connectivity index (χ4n) is 3.10. The fraction of sp³-hybridized carbons (Fsp3) is 0.391. The van der Waals surface area contributed by atoms with Gasteiger partial charge in [0.15, 0.2) is 6.61 Å². The molecule has 1 unspecified atom stereocenters. The van der Waals surface area contributed by atoms with E-state index in [1.807, 2.05) is 38.1 Å². The van der Waals surface area contributed by atoms with Crippen molar-refractivity contribution >= 4 is 35.0 Å². The largest absolute Gasteiger partial charge is 0.484 e. The number of amides is 2. The van der Waals surface area contributed by atoms with Crippen molar-refractivity contribution in [3.05, 3.63) is 63.6 Å². The number of carbonyl (C=O) groups is 2. The first-order chi connectivity index (χ1) is 14.4. The van der Waals surface area contributed by atoms with Crippen LogP contribution in [-0.2, 0) is 22.6 Å². The summed E-state index contributed by atoms with van der Waals surface area (Å²) in [6, 6.07) is 12.2. The molecule has 0 aliphatic carbocycles. The number of ether oxygens (including phenoxy) is 1. The van der Waals surface area contributed by atoms with E-state index in [2.05, 4.69) is 12.2 Å². The standard InChI is InChI=1S/C23H28Cl2N2O3/c1-4-16-7-10-18(11-8-16)30-15-22(28)27(21(5-2)23(29)26-6-3)14-17-9-12-19(24)20(25)13-17/h7-13,21H,4-6,14-15H2,1-3H3,(H,26,29). The van der Waals surface area contributed by atoms with E-state index in [1.54, 1.807) is 18.2 Å². The van der Waals surface area contributed by atoms with Gasteiger partial charge < -0.3 is 15.0 Å². The zero-order valence-electron chi connectivity index (χ0n) is 17.6. The van der Waals surface area contributed by atoms with E-state index >= 15 is 0 Å². The highest BCUT2D eigenvalue weighted by atomic mass is 35.5. The summed E-state index contributed by atoms with van der Waals surface area (Å²) >= 11 is 12.1. The summed E-state index contributed by atoms with van der Waals surface area (Å²) in [5.74, 6) is 0.139. The van der Waals surface area contributed by atoms with Gasteiger partial charge in [-0.25, -0.2) is 0 Å². The molecule has 0 spiro atoms. The Labute approximate surface area is 188 Å². The van der Waals surface area contributed by atoms with Gasteiger partial charge >= 0.3 is 0 Å². The maximum atomic E-state index is 13.1. The third-order valence-corrected chi connectivity index (χ3v) is 5.51. The number of rotatable bonds is 10. The molecule has 0 aliphatic rings. The Bertz CT molecular complexity index is 856. The minimum Gasteiger partial charge on any atom is -0.484 e. The summed E-state index contributed by atoms with van der Waals surface area (Å²) in [7, 11) is 0. The molecule has 0 aromatic heterocycles. The number of aryl methyl sites for hydroxylation is 1. The molecule has 1 N–H and O–H groups in total. The number of likely N-dealkylation sites (N-methyl/N-ethyl adjacent to an activating group) is 1. The van der Waals surface area contributed by atoms with E-state index in [9.17, 15) is 9.59 Å². The monoisotopic (exact) mass is 450 g/mol. The lowest BCUT2D eigenvalue weighted by Gasteiger charge is -2.30. The second kappa shape index (κ2) is 11.8. The molecule has 0 saturated carbocycles. The lowest BCUT2D eigenvalue weighted by molar-refractivity contribution is -0.142. The number of nitrogens with one attached hydrogen (secondary N) is 1. The molecule has 2 aromatic rings. The van der Waals surface area contributed by atoms with E-state index in [0.717, 1.165) is 12.0 Å². The van der Waals surface area contributed by atoms with Crippen LogP contribution < -0.4 is 10.1 Å². The van der Waals surface area contributed by atoms with Crippen molar-refractivity contribution < 1.29 is 14.3 Å². The molecule has 162 valence electrons. The minimum atomic E-state index is -0.613. The number of halogens is 2. The van der Waals surface area contributed by atoms with Crippen molar-refractivity contribution in [1.82, 2.24) is 10.2 Å². The smallest absolute Gasteiger partial charge is 0.261 e. The molecule has 0 aliphatic heterocycles. The van der Waals surface area contributed by atoms with Gasteiger partial charge in [0.2, 0.25) is 5.91 Å². The maximum Gasteiger partial charge on any atom is 0.261 e. The SMILES string of the molecule is CCNC(=O)C(CC)N(Cc1ccc(Cl)c(Cl)c1)C(=O)COc1ccc(CC)cc1. The number of hydrogen-bond donors (Lipinski definition) is 1. The van der Waals surface area contributed by atoms with Crippen LogP contribution in [0.4, 0.5) is 0 Å². The maximum absolute atomic E-state index is 13.1. The van der Waals surface area contributed by atoms with Crippen LogP contribution >= 0.6 is 23.2 Å². The first-order valence-electron chi connectivity index (χ1n) is 10.1. The minimum absolute atomic E-state index is 0.164. The average Bonchev–Trinajstić information content (AvgIpc) is 2.75. The average molecular weight is 451 g/mol. The molecule has 0 saturated heterocycles. The molecule has 0 bridgehead atoms. The third-order valence-electron chi connectivity index (χ3n) is 4.77. The quantitative estimate of drug-likeness (QED) is 0.560. The molecule has 2 rings (SSSR count). The van der Waals surface area contributed by atoms with Crippen LogP contribution in [0.5, 0.6) is 5.75 Å². The highest BCUT2D eigenvalue weighted by Crippen LogP contribution is 2.24. The molecule has 0 heterocycles. The number of nitrogens with zero attached hydrogens (tertiary/aromatic N) is 1. The Hall–Kier alpha value is -2.24. The Balaban J connectivity index is 2.19. The predicted molar refractivity (Wildman–Crippen MR) is 121 cm³/mol. The van der Waals surface area contributed by atoms with Crippen molar-refractivity contribution in [3.8, 4) is 5.75 Å². The molecule has 2 aromatic carbocycles. The van der Waals surface area contributed by atoms with Crippen LogP contribution in [0.25, 0.3) is 0 Å². The molecule has 30 heavy (non-hydrogen) atoms. The molecule has 2 amide bonds. The van der Waals surface area contributed by atoms with E-state index in [0.29, 0.717) is 28.8 Å². The van der Waals surface area contributed by atoms with Gasteiger partial charge in [-0.05, 0) is 55.2 Å². The van der Waals surface area contributed by atoms with E-state index in [4.69, 9.17) is 27.9 Å². The summed E-state index contributed by atoms with van der Waals surface area (Å²) in [6.07, 6.45) is 1.41. The van der Waals surface area contributed by atoms with Gasteiger partial charge in [-0.15, -0.1) is 0 Å². The molecule has 7 heteroatoms. The lowest BCUT2D eigenvalue weighted by Crippen LogP contribution is -2.50. The second-order valence-corrected chi connectivity index (χ2v) is 7.69. The molecule has 1 atom stereocenters. The van der Waals surface area contributed by atoms with Gasteiger partial charge in [-0.1, -0.05) is 55.2 Å². The Morgan fingerprint density at radius 3 is 2.23 bits per heavy atom.